The van der Waals surface area contributed by atoms with Crippen LogP contribution < -0.4 is 14.8 Å². The van der Waals surface area contributed by atoms with E-state index >= 15 is 0 Å². The average molecular weight is 407 g/mol. The molecule has 1 N–H and O–H groups in total. The van der Waals surface area contributed by atoms with E-state index in [0.717, 1.165) is 5.56 Å². The molecule has 4 rings (SSSR count). The summed E-state index contributed by atoms with van der Waals surface area (Å²) in [4.78, 5) is 17.4. The van der Waals surface area contributed by atoms with Gasteiger partial charge in [-0.2, -0.15) is 0 Å². The second-order valence-corrected chi connectivity index (χ2v) is 6.68. The summed E-state index contributed by atoms with van der Waals surface area (Å²) in [6, 6.07) is 10.9. The van der Waals surface area contributed by atoms with E-state index in [9.17, 15) is 4.79 Å². The van der Waals surface area contributed by atoms with Gasteiger partial charge in [0.1, 0.15) is 5.69 Å². The molecule has 154 valence electrons. The number of carbonyl (C=O) groups is 1. The minimum atomic E-state index is -0.234. The predicted molar refractivity (Wildman–Crippen MR) is 110 cm³/mol. The lowest BCUT2D eigenvalue weighted by molar-refractivity contribution is 0.0955. The van der Waals surface area contributed by atoms with Crippen molar-refractivity contribution in [3.8, 4) is 23.0 Å². The highest BCUT2D eigenvalue weighted by Crippen LogP contribution is 2.28. The number of amides is 1. The number of fused-ring (bicyclic) bond motifs is 1. The maximum absolute atomic E-state index is 13.0. The Bertz CT molecular complexity index is 1180. The molecular formula is C22H21N3O5. The van der Waals surface area contributed by atoms with Crippen LogP contribution in [0.2, 0.25) is 0 Å². The van der Waals surface area contributed by atoms with Gasteiger partial charge < -0.3 is 23.7 Å². The van der Waals surface area contributed by atoms with Crippen LogP contribution in [0.25, 0.3) is 22.6 Å². The van der Waals surface area contributed by atoms with Crippen LogP contribution in [0, 0.1) is 6.92 Å². The molecule has 8 nitrogen and oxygen atoms in total. The van der Waals surface area contributed by atoms with Crippen LogP contribution in [0.3, 0.4) is 0 Å². The quantitative estimate of drug-likeness (QED) is 0.498. The fraction of sp³-hybridized carbons (Fsp3) is 0.227. The molecule has 30 heavy (non-hydrogen) atoms. The maximum atomic E-state index is 13.0. The third-order valence-electron chi connectivity index (χ3n) is 4.78. The second-order valence-electron chi connectivity index (χ2n) is 6.68. The van der Waals surface area contributed by atoms with Gasteiger partial charge in [-0.15, -0.1) is 0 Å². The molecule has 4 aromatic rings. The summed E-state index contributed by atoms with van der Waals surface area (Å²) < 4.78 is 21.3. The number of nitrogens with one attached hydrogen (secondary N) is 1. The zero-order valence-corrected chi connectivity index (χ0v) is 16.9. The Morgan fingerprint density at radius 3 is 2.70 bits per heavy atom. The van der Waals surface area contributed by atoms with E-state index in [2.05, 4.69) is 15.5 Å². The Hall–Kier alpha value is -3.81. The molecule has 0 bridgehead atoms. The first-order valence-corrected chi connectivity index (χ1v) is 9.40. The monoisotopic (exact) mass is 407 g/mol. The topological polar surface area (TPSA) is 99.6 Å². The number of ether oxygens (including phenoxy) is 2. The average Bonchev–Trinajstić information content (AvgIpc) is 3.43. The zero-order chi connectivity index (χ0) is 21.1. The number of aryl methyl sites for hydroxylation is 1. The zero-order valence-electron chi connectivity index (χ0n) is 16.9. The van der Waals surface area contributed by atoms with E-state index in [0.29, 0.717) is 58.3 Å². The highest BCUT2D eigenvalue weighted by atomic mass is 16.5. The predicted octanol–water partition coefficient (Wildman–Crippen LogP) is 3.78. The highest BCUT2D eigenvalue weighted by Gasteiger charge is 2.20. The number of furan rings is 1. The third-order valence-corrected chi connectivity index (χ3v) is 4.78. The molecule has 3 aromatic heterocycles. The number of hydrogen-bond donors (Lipinski definition) is 1. The van der Waals surface area contributed by atoms with Gasteiger partial charge in [-0.1, -0.05) is 11.2 Å². The van der Waals surface area contributed by atoms with Crippen molar-refractivity contribution in [3.05, 3.63) is 59.5 Å². The molecule has 0 spiro atoms. The highest BCUT2D eigenvalue weighted by molar-refractivity contribution is 6.06. The van der Waals surface area contributed by atoms with Crippen molar-refractivity contribution in [1.29, 1.82) is 0 Å². The van der Waals surface area contributed by atoms with Gasteiger partial charge in [0, 0.05) is 6.54 Å². The summed E-state index contributed by atoms with van der Waals surface area (Å²) in [6.07, 6.45) is 2.18. The first-order valence-electron chi connectivity index (χ1n) is 9.40. The van der Waals surface area contributed by atoms with Crippen molar-refractivity contribution in [2.45, 2.75) is 13.3 Å². The van der Waals surface area contributed by atoms with Gasteiger partial charge >= 0.3 is 0 Å². The van der Waals surface area contributed by atoms with Gasteiger partial charge in [0.05, 0.1) is 37.1 Å². The summed E-state index contributed by atoms with van der Waals surface area (Å²) in [7, 11) is 3.19. The van der Waals surface area contributed by atoms with Gasteiger partial charge in [0.25, 0.3) is 11.6 Å². The van der Waals surface area contributed by atoms with Crippen molar-refractivity contribution >= 4 is 17.0 Å². The van der Waals surface area contributed by atoms with Gasteiger partial charge in [0.15, 0.2) is 17.3 Å². The number of rotatable bonds is 7. The number of nitrogens with zero attached hydrogens (tertiary/aromatic N) is 2. The van der Waals surface area contributed by atoms with Crippen molar-refractivity contribution in [1.82, 2.24) is 15.5 Å². The summed E-state index contributed by atoms with van der Waals surface area (Å²) in [6.45, 7) is 2.22. The Morgan fingerprint density at radius 2 is 1.97 bits per heavy atom. The smallest absolute Gasteiger partial charge is 0.259 e. The van der Waals surface area contributed by atoms with Crippen LogP contribution in [0.1, 0.15) is 21.6 Å². The number of pyridine rings is 1. The van der Waals surface area contributed by atoms with Crippen LogP contribution >= 0.6 is 0 Å². The fourth-order valence-electron chi connectivity index (χ4n) is 3.28. The Labute approximate surface area is 172 Å². The van der Waals surface area contributed by atoms with Gasteiger partial charge in [-0.25, -0.2) is 4.98 Å². The molecule has 0 aliphatic rings. The number of methoxy groups -OCH3 is 2. The lowest BCUT2D eigenvalue weighted by Gasteiger charge is -2.10. The molecule has 0 aliphatic heterocycles. The van der Waals surface area contributed by atoms with E-state index < -0.39 is 0 Å². The molecule has 0 saturated carbocycles. The molecule has 0 radical (unpaired) electrons. The minimum absolute atomic E-state index is 0.234. The van der Waals surface area contributed by atoms with Crippen molar-refractivity contribution in [3.63, 3.8) is 0 Å². The van der Waals surface area contributed by atoms with Crippen molar-refractivity contribution < 1.29 is 23.2 Å². The Balaban J connectivity index is 1.54. The standard InChI is InChI=1S/C22H21N3O5/c1-13-20-15(12-16(17-5-4-10-29-17)24-22(20)30-25-13)21(26)23-9-8-14-6-7-18(27-2)19(11-14)28-3/h4-7,10-12H,8-9H2,1-3H3,(H,23,26). The SMILES string of the molecule is COc1ccc(CCNC(=O)c2cc(-c3ccco3)nc3onc(C)c23)cc1OC. The molecule has 3 heterocycles. The van der Waals surface area contributed by atoms with E-state index in [-0.39, 0.29) is 5.91 Å². The van der Waals surface area contributed by atoms with E-state index in [1.165, 1.54) is 0 Å². The first-order chi connectivity index (χ1) is 14.6. The Kier molecular flexibility index (Phi) is 5.38. The number of aromatic nitrogens is 2. The minimum Gasteiger partial charge on any atom is -0.493 e. The summed E-state index contributed by atoms with van der Waals surface area (Å²) in [5.74, 6) is 1.63. The number of hydrogen-bond acceptors (Lipinski definition) is 7. The van der Waals surface area contributed by atoms with E-state index in [1.54, 1.807) is 45.6 Å². The molecule has 0 atom stereocenters. The maximum Gasteiger partial charge on any atom is 0.259 e. The first kappa shape index (κ1) is 19.5. The van der Waals surface area contributed by atoms with E-state index in [4.69, 9.17) is 18.4 Å². The van der Waals surface area contributed by atoms with Crippen molar-refractivity contribution in [2.75, 3.05) is 20.8 Å². The molecular weight excluding hydrogens is 386 g/mol. The molecule has 8 heteroatoms. The van der Waals surface area contributed by atoms with Crippen LogP contribution in [-0.2, 0) is 6.42 Å². The third kappa shape index (κ3) is 3.71. The lowest BCUT2D eigenvalue weighted by Crippen LogP contribution is -2.26. The Morgan fingerprint density at radius 1 is 1.13 bits per heavy atom. The van der Waals surface area contributed by atoms with Gasteiger partial charge in [-0.05, 0) is 49.2 Å². The fourth-order valence-corrected chi connectivity index (χ4v) is 3.28. The van der Waals surface area contributed by atoms with Crippen LogP contribution in [0.4, 0.5) is 0 Å². The molecule has 1 aromatic carbocycles. The van der Waals surface area contributed by atoms with Gasteiger partial charge in [-0.3, -0.25) is 4.79 Å². The van der Waals surface area contributed by atoms with Gasteiger partial charge in [0.2, 0.25) is 0 Å². The molecule has 1 amide bonds. The number of benzene rings is 1. The van der Waals surface area contributed by atoms with E-state index in [1.807, 2.05) is 18.2 Å². The van der Waals surface area contributed by atoms with Crippen molar-refractivity contribution in [2.24, 2.45) is 0 Å². The molecule has 0 saturated heterocycles. The lowest BCUT2D eigenvalue weighted by atomic mass is 10.1. The number of carbonyl (C=O) groups excluding carboxylic acids is 1. The van der Waals surface area contributed by atoms with Crippen LogP contribution in [-0.4, -0.2) is 36.8 Å². The molecule has 0 fully saturated rings. The normalized spacial score (nSPS) is 10.9. The molecule has 0 aliphatic carbocycles. The molecule has 0 unspecified atom stereocenters. The summed E-state index contributed by atoms with van der Waals surface area (Å²) in [5.41, 5.74) is 2.87. The second kappa shape index (κ2) is 8.28. The van der Waals surface area contributed by atoms with Crippen LogP contribution in [0.5, 0.6) is 11.5 Å². The largest absolute Gasteiger partial charge is 0.493 e. The van der Waals surface area contributed by atoms with Crippen LogP contribution in [0.15, 0.2) is 51.6 Å². The summed E-state index contributed by atoms with van der Waals surface area (Å²) >= 11 is 0. The summed E-state index contributed by atoms with van der Waals surface area (Å²) in [5, 5.41) is 7.50.